The van der Waals surface area contributed by atoms with Crippen molar-refractivity contribution in [3.8, 4) is 5.75 Å². The molecule has 5 heteroatoms. The Bertz CT molecular complexity index is 359. The van der Waals surface area contributed by atoms with Crippen LogP contribution in [0.1, 0.15) is 15.9 Å². The predicted molar refractivity (Wildman–Crippen MR) is 42.2 cm³/mol. The van der Waals surface area contributed by atoms with Crippen LogP contribution >= 0.6 is 0 Å². The Kier molecular flexibility index (Phi) is 2.49. The van der Waals surface area contributed by atoms with E-state index in [1.807, 2.05) is 0 Å². The van der Waals surface area contributed by atoms with E-state index in [1.54, 1.807) is 0 Å². The molecule has 0 unspecified atom stereocenters. The second kappa shape index (κ2) is 3.57. The zero-order valence-electron chi connectivity index (χ0n) is 6.47. The van der Waals surface area contributed by atoms with Crippen molar-refractivity contribution in [1.82, 2.24) is 0 Å². The largest absolute Gasteiger partial charge is 0.871 e. The molecular formula is C8H6NO4-. The van der Waals surface area contributed by atoms with E-state index in [0.717, 1.165) is 6.21 Å². The lowest BCUT2D eigenvalue weighted by molar-refractivity contribution is -0.269. The summed E-state index contributed by atoms with van der Waals surface area (Å²) in [7, 11) is 0. The maximum Gasteiger partial charge on any atom is 0.335 e. The van der Waals surface area contributed by atoms with Gasteiger partial charge in [0.1, 0.15) is 0 Å². The third-order valence-electron chi connectivity index (χ3n) is 1.47. The van der Waals surface area contributed by atoms with E-state index in [0.29, 0.717) is 0 Å². The summed E-state index contributed by atoms with van der Waals surface area (Å²) in [6.07, 6.45) is 0.898. The molecule has 0 saturated carbocycles. The van der Waals surface area contributed by atoms with E-state index in [1.165, 1.54) is 18.2 Å². The standard InChI is InChI=1S/C8H7NO4/c10-7-5(4-9-13)2-1-3-6(7)8(11)12/h1-4,10,13H,(H,11,12)/p-1. The van der Waals surface area contributed by atoms with E-state index in [-0.39, 0.29) is 11.1 Å². The van der Waals surface area contributed by atoms with Crippen LogP contribution in [0.15, 0.2) is 23.4 Å². The highest BCUT2D eigenvalue weighted by atomic mass is 16.4. The molecule has 1 rings (SSSR count). The fourth-order valence-corrected chi connectivity index (χ4v) is 0.887. The van der Waals surface area contributed by atoms with Gasteiger partial charge in [0.25, 0.3) is 0 Å². The lowest BCUT2D eigenvalue weighted by atomic mass is 10.1. The molecule has 68 valence electrons. The molecule has 0 fully saturated rings. The monoisotopic (exact) mass is 180 g/mol. The lowest BCUT2D eigenvalue weighted by Crippen LogP contribution is -2.06. The number of hydrogen-bond donors (Lipinski definition) is 2. The Hall–Kier alpha value is -2.04. The molecule has 2 N–H and O–H groups in total. The molecule has 1 aromatic carbocycles. The Balaban J connectivity index is 3.26. The van der Waals surface area contributed by atoms with Gasteiger partial charge in [-0.05, 0) is 11.6 Å². The molecule has 0 aliphatic carbocycles. The minimum atomic E-state index is -1.29. The normalized spacial score (nSPS) is 10.5. The van der Waals surface area contributed by atoms with Crippen LogP contribution in [0.5, 0.6) is 5.75 Å². The maximum atomic E-state index is 11.2. The molecular weight excluding hydrogens is 174 g/mol. The van der Waals surface area contributed by atoms with Crippen molar-refractivity contribution < 1.29 is 20.2 Å². The Morgan fingerprint density at radius 3 is 2.77 bits per heavy atom. The SMILES string of the molecule is O=C(O)c1cccc(C=NO)c1[O-]. The Morgan fingerprint density at radius 1 is 1.54 bits per heavy atom. The number of rotatable bonds is 2. The summed E-state index contributed by atoms with van der Waals surface area (Å²) in [6.45, 7) is 0. The molecule has 0 heterocycles. The molecule has 13 heavy (non-hydrogen) atoms. The van der Waals surface area contributed by atoms with Crippen LogP contribution in [0.2, 0.25) is 0 Å². The summed E-state index contributed by atoms with van der Waals surface area (Å²) in [5.74, 6) is -1.95. The Labute approximate surface area is 73.6 Å². The first-order chi connectivity index (χ1) is 6.16. The van der Waals surface area contributed by atoms with Gasteiger partial charge in [0.15, 0.2) is 0 Å². The van der Waals surface area contributed by atoms with E-state index in [9.17, 15) is 9.90 Å². The van der Waals surface area contributed by atoms with Crippen molar-refractivity contribution in [3.63, 3.8) is 0 Å². The van der Waals surface area contributed by atoms with Crippen molar-refractivity contribution in [2.45, 2.75) is 0 Å². The van der Waals surface area contributed by atoms with Gasteiger partial charge in [-0.3, -0.25) is 0 Å². The average Bonchev–Trinajstić information content (AvgIpc) is 2.08. The highest BCUT2D eigenvalue weighted by Crippen LogP contribution is 2.17. The van der Waals surface area contributed by atoms with Crippen LogP contribution in [0, 0.1) is 0 Å². The number of benzene rings is 1. The van der Waals surface area contributed by atoms with Crippen LogP contribution in [-0.2, 0) is 0 Å². The zero-order chi connectivity index (χ0) is 9.84. The third kappa shape index (κ3) is 1.76. The number of hydrogen-bond acceptors (Lipinski definition) is 4. The summed E-state index contributed by atoms with van der Waals surface area (Å²) in [4.78, 5) is 10.5. The minimum absolute atomic E-state index is 0.0439. The molecule has 0 saturated heterocycles. The second-order valence-electron chi connectivity index (χ2n) is 2.27. The van der Waals surface area contributed by atoms with Gasteiger partial charge in [0.05, 0.1) is 11.8 Å². The van der Waals surface area contributed by atoms with Crippen molar-refractivity contribution in [2.75, 3.05) is 0 Å². The number of oxime groups is 1. The number of carboxylic acids is 1. The summed E-state index contributed by atoms with van der Waals surface area (Å²) < 4.78 is 0. The average molecular weight is 180 g/mol. The van der Waals surface area contributed by atoms with Crippen LogP contribution < -0.4 is 5.11 Å². The van der Waals surface area contributed by atoms with Crippen LogP contribution in [0.3, 0.4) is 0 Å². The molecule has 1 aromatic rings. The molecule has 0 aliphatic heterocycles. The summed E-state index contributed by atoms with van der Waals surface area (Å²) in [5.41, 5.74) is -0.292. The topological polar surface area (TPSA) is 93.0 Å². The molecule has 0 bridgehead atoms. The molecule has 0 aliphatic rings. The fourth-order valence-electron chi connectivity index (χ4n) is 0.887. The van der Waals surface area contributed by atoms with Gasteiger partial charge in [-0.25, -0.2) is 4.79 Å². The molecule has 5 nitrogen and oxygen atoms in total. The molecule has 0 radical (unpaired) electrons. The van der Waals surface area contributed by atoms with Gasteiger partial charge in [0.2, 0.25) is 0 Å². The zero-order valence-corrected chi connectivity index (χ0v) is 6.47. The van der Waals surface area contributed by atoms with Gasteiger partial charge in [-0.2, -0.15) is 0 Å². The highest BCUT2D eigenvalue weighted by molar-refractivity contribution is 5.95. The van der Waals surface area contributed by atoms with Crippen molar-refractivity contribution >= 4 is 12.2 Å². The quantitative estimate of drug-likeness (QED) is 0.388. The first-order valence-electron chi connectivity index (χ1n) is 3.37. The van der Waals surface area contributed by atoms with E-state index in [2.05, 4.69) is 5.16 Å². The molecule has 0 atom stereocenters. The van der Waals surface area contributed by atoms with E-state index < -0.39 is 11.7 Å². The van der Waals surface area contributed by atoms with Crippen molar-refractivity contribution in [1.29, 1.82) is 0 Å². The number of carboxylic acid groups (broad SMARTS) is 1. The summed E-state index contributed by atoms with van der Waals surface area (Å²) in [6, 6.07) is 3.97. The van der Waals surface area contributed by atoms with Crippen molar-refractivity contribution in [3.05, 3.63) is 29.3 Å². The molecule has 0 spiro atoms. The maximum absolute atomic E-state index is 11.2. The van der Waals surface area contributed by atoms with Gasteiger partial charge in [-0.15, -0.1) is 0 Å². The van der Waals surface area contributed by atoms with E-state index >= 15 is 0 Å². The highest BCUT2D eigenvalue weighted by Gasteiger charge is 2.04. The van der Waals surface area contributed by atoms with Crippen LogP contribution in [0.25, 0.3) is 0 Å². The predicted octanol–water partition coefficient (Wildman–Crippen LogP) is 0.266. The Morgan fingerprint density at radius 2 is 2.23 bits per heavy atom. The number of carbonyl (C=O) groups is 1. The first-order valence-corrected chi connectivity index (χ1v) is 3.37. The van der Waals surface area contributed by atoms with Crippen LogP contribution in [0.4, 0.5) is 0 Å². The van der Waals surface area contributed by atoms with Gasteiger partial charge < -0.3 is 15.4 Å². The van der Waals surface area contributed by atoms with Crippen molar-refractivity contribution in [2.24, 2.45) is 5.16 Å². The molecule has 0 amide bonds. The number of aromatic carboxylic acids is 1. The third-order valence-corrected chi connectivity index (χ3v) is 1.47. The number of para-hydroxylation sites is 1. The fraction of sp³-hybridized carbons (Fsp3) is 0. The number of nitrogens with zero attached hydrogens (tertiary/aromatic N) is 1. The van der Waals surface area contributed by atoms with Crippen LogP contribution in [-0.4, -0.2) is 22.5 Å². The lowest BCUT2D eigenvalue weighted by Gasteiger charge is -2.12. The second-order valence-corrected chi connectivity index (χ2v) is 2.27. The molecule has 0 aromatic heterocycles. The van der Waals surface area contributed by atoms with E-state index in [4.69, 9.17) is 10.3 Å². The minimum Gasteiger partial charge on any atom is -0.871 e. The smallest absolute Gasteiger partial charge is 0.335 e. The summed E-state index contributed by atoms with van der Waals surface area (Å²) in [5, 5.41) is 30.6. The van der Waals surface area contributed by atoms with Gasteiger partial charge in [0, 0.05) is 0 Å². The first kappa shape index (κ1) is 9.05. The van der Waals surface area contributed by atoms with Gasteiger partial charge >= 0.3 is 5.97 Å². The van der Waals surface area contributed by atoms with Gasteiger partial charge in [-0.1, -0.05) is 23.0 Å². The summed E-state index contributed by atoms with van der Waals surface area (Å²) >= 11 is 0.